The summed E-state index contributed by atoms with van der Waals surface area (Å²) in [6.45, 7) is 7.53. The van der Waals surface area contributed by atoms with E-state index in [1.165, 1.54) is 0 Å². The number of ether oxygens (including phenoxy) is 2. The molecule has 0 saturated carbocycles. The van der Waals surface area contributed by atoms with Crippen molar-refractivity contribution in [2.45, 2.75) is 27.2 Å². The van der Waals surface area contributed by atoms with E-state index in [4.69, 9.17) is 9.47 Å². The third-order valence-electron chi connectivity index (χ3n) is 3.33. The Morgan fingerprint density at radius 1 is 1.16 bits per heavy atom. The summed E-state index contributed by atoms with van der Waals surface area (Å²) >= 11 is 3.45. The highest BCUT2D eigenvalue weighted by molar-refractivity contribution is 9.10. The lowest BCUT2D eigenvalue weighted by Gasteiger charge is -2.11. The number of benzene rings is 2. The zero-order valence-corrected chi connectivity index (χ0v) is 16.4. The average Bonchev–Trinajstić information content (AvgIpc) is 2.59. The van der Waals surface area contributed by atoms with Crippen LogP contribution in [0.4, 0.5) is 5.69 Å². The molecule has 0 fully saturated rings. The Morgan fingerprint density at radius 3 is 2.64 bits per heavy atom. The number of amides is 1. The smallest absolute Gasteiger partial charge is 0.255 e. The van der Waals surface area contributed by atoms with E-state index in [0.29, 0.717) is 30.4 Å². The SMILES string of the molecule is CCCOc1ccc(C(=O)Nc2cccc(OCC(C)C)c2)cc1Br. The van der Waals surface area contributed by atoms with Crippen LogP contribution in [0.3, 0.4) is 0 Å². The molecule has 0 spiro atoms. The summed E-state index contributed by atoms with van der Waals surface area (Å²) in [5.41, 5.74) is 1.26. The fourth-order valence-corrected chi connectivity index (χ4v) is 2.59. The van der Waals surface area contributed by atoms with Gasteiger partial charge in [-0.3, -0.25) is 4.79 Å². The van der Waals surface area contributed by atoms with Crippen molar-refractivity contribution in [2.75, 3.05) is 18.5 Å². The molecule has 0 radical (unpaired) electrons. The number of nitrogens with one attached hydrogen (secondary N) is 1. The van der Waals surface area contributed by atoms with E-state index in [1.807, 2.05) is 24.3 Å². The molecule has 0 bridgehead atoms. The lowest BCUT2D eigenvalue weighted by Crippen LogP contribution is -2.12. The molecule has 0 unspecified atom stereocenters. The molecule has 2 aromatic carbocycles. The molecule has 134 valence electrons. The van der Waals surface area contributed by atoms with Crippen molar-refractivity contribution in [3.8, 4) is 11.5 Å². The van der Waals surface area contributed by atoms with Gasteiger partial charge in [0, 0.05) is 17.3 Å². The zero-order chi connectivity index (χ0) is 18.2. The molecule has 1 amide bonds. The summed E-state index contributed by atoms with van der Waals surface area (Å²) in [5, 5.41) is 2.90. The van der Waals surface area contributed by atoms with E-state index in [2.05, 4.69) is 42.0 Å². The average molecular weight is 406 g/mol. The maximum atomic E-state index is 12.5. The third-order valence-corrected chi connectivity index (χ3v) is 3.95. The van der Waals surface area contributed by atoms with Gasteiger partial charge in [0.2, 0.25) is 0 Å². The first-order chi connectivity index (χ1) is 12.0. The lowest BCUT2D eigenvalue weighted by atomic mass is 10.2. The van der Waals surface area contributed by atoms with Gasteiger partial charge in [0.1, 0.15) is 11.5 Å². The van der Waals surface area contributed by atoms with Gasteiger partial charge >= 0.3 is 0 Å². The first kappa shape index (κ1) is 19.3. The topological polar surface area (TPSA) is 47.6 Å². The molecule has 0 aromatic heterocycles. The van der Waals surface area contributed by atoms with Gasteiger partial charge < -0.3 is 14.8 Å². The largest absolute Gasteiger partial charge is 0.493 e. The monoisotopic (exact) mass is 405 g/mol. The van der Waals surface area contributed by atoms with E-state index >= 15 is 0 Å². The van der Waals surface area contributed by atoms with Gasteiger partial charge in [-0.05, 0) is 58.6 Å². The fraction of sp³-hybridized carbons (Fsp3) is 0.350. The molecule has 4 nitrogen and oxygen atoms in total. The fourth-order valence-electron chi connectivity index (χ4n) is 2.10. The number of carbonyl (C=O) groups excluding carboxylic acids is 1. The van der Waals surface area contributed by atoms with Gasteiger partial charge in [-0.25, -0.2) is 0 Å². The Labute approximate surface area is 157 Å². The molecule has 5 heteroatoms. The first-order valence-electron chi connectivity index (χ1n) is 8.46. The highest BCUT2D eigenvalue weighted by Crippen LogP contribution is 2.27. The van der Waals surface area contributed by atoms with Crippen LogP contribution >= 0.6 is 15.9 Å². The van der Waals surface area contributed by atoms with Crippen LogP contribution in [0.15, 0.2) is 46.9 Å². The Balaban J connectivity index is 2.04. The van der Waals surface area contributed by atoms with Crippen LogP contribution in [0.25, 0.3) is 0 Å². The third kappa shape index (κ3) is 6.09. The maximum absolute atomic E-state index is 12.5. The molecule has 25 heavy (non-hydrogen) atoms. The van der Waals surface area contributed by atoms with Crippen LogP contribution in [0.2, 0.25) is 0 Å². The molecule has 2 aromatic rings. The highest BCUT2D eigenvalue weighted by atomic mass is 79.9. The van der Waals surface area contributed by atoms with Crippen molar-refractivity contribution in [3.63, 3.8) is 0 Å². The predicted octanol–water partition coefficient (Wildman–Crippen LogP) is 5.53. The predicted molar refractivity (Wildman–Crippen MR) is 105 cm³/mol. The number of hydrogen-bond acceptors (Lipinski definition) is 3. The minimum atomic E-state index is -0.177. The zero-order valence-electron chi connectivity index (χ0n) is 14.8. The van der Waals surface area contributed by atoms with Crippen molar-refractivity contribution < 1.29 is 14.3 Å². The van der Waals surface area contributed by atoms with E-state index < -0.39 is 0 Å². The van der Waals surface area contributed by atoms with E-state index in [1.54, 1.807) is 18.2 Å². The van der Waals surface area contributed by atoms with Crippen molar-refractivity contribution in [2.24, 2.45) is 5.92 Å². The van der Waals surface area contributed by atoms with Crippen LogP contribution in [0.1, 0.15) is 37.6 Å². The maximum Gasteiger partial charge on any atom is 0.255 e. The Kier molecular flexibility index (Phi) is 7.31. The minimum absolute atomic E-state index is 0.177. The Morgan fingerprint density at radius 2 is 1.96 bits per heavy atom. The first-order valence-corrected chi connectivity index (χ1v) is 9.25. The highest BCUT2D eigenvalue weighted by Gasteiger charge is 2.10. The summed E-state index contributed by atoms with van der Waals surface area (Å²) in [7, 11) is 0. The van der Waals surface area contributed by atoms with E-state index in [9.17, 15) is 4.79 Å². The van der Waals surface area contributed by atoms with Crippen molar-refractivity contribution in [1.29, 1.82) is 0 Å². The summed E-state index contributed by atoms with van der Waals surface area (Å²) in [4.78, 5) is 12.5. The standard InChI is InChI=1S/C20H24BrNO3/c1-4-10-24-19-9-8-15(11-18(19)21)20(23)22-16-6-5-7-17(12-16)25-13-14(2)3/h5-9,11-12,14H,4,10,13H2,1-3H3,(H,22,23). The van der Waals surface area contributed by atoms with Crippen molar-refractivity contribution >= 4 is 27.5 Å². The van der Waals surface area contributed by atoms with Gasteiger partial charge in [-0.2, -0.15) is 0 Å². The summed E-state index contributed by atoms with van der Waals surface area (Å²) in [6.07, 6.45) is 0.934. The number of rotatable bonds is 8. The normalized spacial score (nSPS) is 10.6. The Bertz CT molecular complexity index is 716. The second-order valence-electron chi connectivity index (χ2n) is 6.18. The molecular weight excluding hydrogens is 382 g/mol. The number of hydrogen-bond donors (Lipinski definition) is 1. The van der Waals surface area contributed by atoms with Gasteiger partial charge in [-0.15, -0.1) is 0 Å². The molecule has 2 rings (SSSR count). The summed E-state index contributed by atoms with van der Waals surface area (Å²) in [5.74, 6) is 1.76. The molecule has 0 atom stereocenters. The van der Waals surface area contributed by atoms with Gasteiger partial charge in [0.15, 0.2) is 0 Å². The van der Waals surface area contributed by atoms with E-state index in [0.717, 1.165) is 22.4 Å². The van der Waals surface area contributed by atoms with Crippen molar-refractivity contribution in [1.82, 2.24) is 0 Å². The molecule has 0 aliphatic rings. The van der Waals surface area contributed by atoms with Crippen LogP contribution < -0.4 is 14.8 Å². The summed E-state index contributed by atoms with van der Waals surface area (Å²) in [6, 6.07) is 12.7. The quantitative estimate of drug-likeness (QED) is 0.628. The van der Waals surface area contributed by atoms with Gasteiger partial charge in [0.05, 0.1) is 17.7 Å². The minimum Gasteiger partial charge on any atom is -0.493 e. The van der Waals surface area contributed by atoms with Crippen LogP contribution in [0, 0.1) is 5.92 Å². The number of halogens is 1. The molecule has 0 aliphatic carbocycles. The molecule has 0 saturated heterocycles. The van der Waals surface area contributed by atoms with Crippen molar-refractivity contribution in [3.05, 3.63) is 52.5 Å². The van der Waals surface area contributed by atoms with Gasteiger partial charge in [0.25, 0.3) is 5.91 Å². The molecular formula is C20H24BrNO3. The van der Waals surface area contributed by atoms with Crippen LogP contribution in [-0.4, -0.2) is 19.1 Å². The van der Waals surface area contributed by atoms with Crippen LogP contribution in [0.5, 0.6) is 11.5 Å². The molecule has 0 aliphatic heterocycles. The summed E-state index contributed by atoms with van der Waals surface area (Å²) < 4.78 is 12.1. The van der Waals surface area contributed by atoms with Crippen LogP contribution in [-0.2, 0) is 0 Å². The number of anilines is 1. The second-order valence-corrected chi connectivity index (χ2v) is 7.03. The number of carbonyl (C=O) groups is 1. The second kappa shape index (κ2) is 9.47. The lowest BCUT2D eigenvalue weighted by molar-refractivity contribution is 0.102. The Hall–Kier alpha value is -2.01. The van der Waals surface area contributed by atoms with Gasteiger partial charge in [-0.1, -0.05) is 26.8 Å². The molecule has 1 N–H and O–H groups in total. The molecule has 0 heterocycles. The van der Waals surface area contributed by atoms with E-state index in [-0.39, 0.29) is 5.91 Å².